The fraction of sp³-hybridized carbons (Fsp3) is 0.188. The predicted molar refractivity (Wildman–Crippen MR) is 78.9 cm³/mol. The van der Waals surface area contributed by atoms with Crippen LogP contribution in [0.4, 0.5) is 0 Å². The van der Waals surface area contributed by atoms with Gasteiger partial charge in [-0.3, -0.25) is 4.79 Å². The molecule has 0 bridgehead atoms. The van der Waals surface area contributed by atoms with E-state index < -0.39 is 0 Å². The van der Waals surface area contributed by atoms with Crippen molar-refractivity contribution in [2.24, 2.45) is 0 Å². The van der Waals surface area contributed by atoms with Crippen molar-refractivity contribution in [2.75, 3.05) is 0 Å². The number of rotatable bonds is 3. The van der Waals surface area contributed by atoms with Crippen LogP contribution in [-0.2, 0) is 0 Å². The summed E-state index contributed by atoms with van der Waals surface area (Å²) in [4.78, 5) is 13.8. The zero-order valence-electron chi connectivity index (χ0n) is 10.9. The molecular formula is C16H14O2S. The molecule has 0 aliphatic heterocycles. The molecule has 2 heterocycles. The molecule has 0 aliphatic carbocycles. The second kappa shape index (κ2) is 4.67. The SMILES string of the molecule is CCC(=O)c1cc(C)c(-c2ccc3occc3c2)s1. The first-order valence-electron chi connectivity index (χ1n) is 6.30. The topological polar surface area (TPSA) is 30.2 Å². The summed E-state index contributed by atoms with van der Waals surface area (Å²) >= 11 is 1.58. The highest BCUT2D eigenvalue weighted by Crippen LogP contribution is 2.34. The van der Waals surface area contributed by atoms with Crippen LogP contribution < -0.4 is 0 Å². The molecule has 0 aliphatic rings. The summed E-state index contributed by atoms with van der Waals surface area (Å²) < 4.78 is 5.35. The highest BCUT2D eigenvalue weighted by molar-refractivity contribution is 7.17. The summed E-state index contributed by atoms with van der Waals surface area (Å²) in [7, 11) is 0. The quantitative estimate of drug-likeness (QED) is 0.622. The maximum Gasteiger partial charge on any atom is 0.172 e. The first kappa shape index (κ1) is 12.2. The van der Waals surface area contributed by atoms with Gasteiger partial charge in [0, 0.05) is 16.7 Å². The molecule has 0 amide bonds. The van der Waals surface area contributed by atoms with Gasteiger partial charge >= 0.3 is 0 Å². The van der Waals surface area contributed by atoms with Crippen molar-refractivity contribution in [3.63, 3.8) is 0 Å². The second-order valence-electron chi connectivity index (χ2n) is 4.57. The van der Waals surface area contributed by atoms with E-state index in [0.29, 0.717) is 6.42 Å². The van der Waals surface area contributed by atoms with Crippen molar-refractivity contribution in [3.8, 4) is 10.4 Å². The van der Waals surface area contributed by atoms with Gasteiger partial charge in [-0.25, -0.2) is 0 Å². The van der Waals surface area contributed by atoms with Crippen molar-refractivity contribution in [1.29, 1.82) is 0 Å². The van der Waals surface area contributed by atoms with E-state index in [0.717, 1.165) is 27.0 Å². The van der Waals surface area contributed by atoms with E-state index >= 15 is 0 Å². The van der Waals surface area contributed by atoms with Gasteiger partial charge in [-0.2, -0.15) is 0 Å². The van der Waals surface area contributed by atoms with Crippen LogP contribution in [-0.4, -0.2) is 5.78 Å². The number of carbonyl (C=O) groups is 1. The Morgan fingerprint density at radius 1 is 1.26 bits per heavy atom. The zero-order chi connectivity index (χ0) is 13.4. The van der Waals surface area contributed by atoms with Crippen LogP contribution in [0.2, 0.25) is 0 Å². The molecule has 0 spiro atoms. The largest absolute Gasteiger partial charge is 0.464 e. The first-order chi connectivity index (χ1) is 9.19. The smallest absolute Gasteiger partial charge is 0.172 e. The molecule has 0 unspecified atom stereocenters. The third kappa shape index (κ3) is 2.10. The fourth-order valence-electron chi connectivity index (χ4n) is 2.19. The van der Waals surface area contributed by atoms with Crippen molar-refractivity contribution >= 4 is 28.1 Å². The monoisotopic (exact) mass is 270 g/mol. The molecule has 0 radical (unpaired) electrons. The molecule has 0 saturated heterocycles. The average Bonchev–Trinajstić information content (AvgIpc) is 3.03. The number of benzene rings is 1. The molecule has 3 aromatic rings. The van der Waals surface area contributed by atoms with E-state index in [9.17, 15) is 4.79 Å². The lowest BCUT2D eigenvalue weighted by Crippen LogP contribution is -1.90. The van der Waals surface area contributed by atoms with Gasteiger partial charge in [0.15, 0.2) is 5.78 Å². The predicted octanol–water partition coefficient (Wildman–Crippen LogP) is 5.06. The Bertz CT molecular complexity index is 749. The standard InChI is InChI=1S/C16H14O2S/c1-3-13(17)15-8-10(2)16(19-15)12-4-5-14-11(9-12)6-7-18-14/h4-9H,3H2,1-2H3. The fourth-order valence-corrected chi connectivity index (χ4v) is 3.37. The van der Waals surface area contributed by atoms with Crippen molar-refractivity contribution in [2.45, 2.75) is 20.3 Å². The molecular weight excluding hydrogens is 256 g/mol. The molecule has 0 atom stereocenters. The second-order valence-corrected chi connectivity index (χ2v) is 5.62. The van der Waals surface area contributed by atoms with Crippen molar-refractivity contribution < 1.29 is 9.21 Å². The lowest BCUT2D eigenvalue weighted by Gasteiger charge is -1.99. The van der Waals surface area contributed by atoms with Gasteiger partial charge in [-0.15, -0.1) is 11.3 Å². The Morgan fingerprint density at radius 2 is 2.11 bits per heavy atom. The zero-order valence-corrected chi connectivity index (χ0v) is 11.7. The Balaban J connectivity index is 2.10. The molecule has 3 rings (SSSR count). The van der Waals surface area contributed by atoms with E-state index in [-0.39, 0.29) is 5.78 Å². The third-order valence-corrected chi connectivity index (χ3v) is 4.56. The van der Waals surface area contributed by atoms with Crippen molar-refractivity contribution in [3.05, 3.63) is 47.0 Å². The van der Waals surface area contributed by atoms with Gasteiger partial charge in [0.2, 0.25) is 0 Å². The minimum absolute atomic E-state index is 0.212. The summed E-state index contributed by atoms with van der Waals surface area (Å²) in [6, 6.07) is 10.1. The number of furan rings is 1. The van der Waals surface area contributed by atoms with Crippen molar-refractivity contribution in [1.82, 2.24) is 0 Å². The van der Waals surface area contributed by atoms with Crippen LogP contribution in [0.1, 0.15) is 28.6 Å². The molecule has 2 aromatic heterocycles. The average molecular weight is 270 g/mol. The molecule has 3 heteroatoms. The highest BCUT2D eigenvalue weighted by atomic mass is 32.1. The number of aryl methyl sites for hydroxylation is 1. The molecule has 19 heavy (non-hydrogen) atoms. The Kier molecular flexibility index (Phi) is 2.99. The van der Waals surface area contributed by atoms with Gasteiger partial charge in [-0.05, 0) is 48.4 Å². The number of hydrogen-bond acceptors (Lipinski definition) is 3. The summed E-state index contributed by atoms with van der Waals surface area (Å²) in [5.41, 5.74) is 3.19. The molecule has 1 aromatic carbocycles. The maximum atomic E-state index is 11.8. The molecule has 0 N–H and O–H groups in total. The maximum absolute atomic E-state index is 11.8. The normalized spacial score (nSPS) is 11.1. The van der Waals surface area contributed by atoms with E-state index in [2.05, 4.69) is 13.0 Å². The molecule has 0 saturated carbocycles. The lowest BCUT2D eigenvalue weighted by atomic mass is 10.1. The van der Waals surface area contributed by atoms with Gasteiger partial charge < -0.3 is 4.42 Å². The number of ketones is 1. The summed E-state index contributed by atoms with van der Waals surface area (Å²) in [6.45, 7) is 3.95. The van der Waals surface area contributed by atoms with E-state index in [1.165, 1.54) is 4.88 Å². The van der Waals surface area contributed by atoms with Crippen LogP contribution >= 0.6 is 11.3 Å². The van der Waals surface area contributed by atoms with E-state index in [4.69, 9.17) is 4.42 Å². The number of thiophene rings is 1. The summed E-state index contributed by atoms with van der Waals surface area (Å²) in [5.74, 6) is 0.212. The minimum Gasteiger partial charge on any atom is -0.464 e. The van der Waals surface area contributed by atoms with E-state index in [1.54, 1.807) is 17.6 Å². The molecule has 96 valence electrons. The van der Waals surface area contributed by atoms with Gasteiger partial charge in [-0.1, -0.05) is 6.92 Å². The third-order valence-electron chi connectivity index (χ3n) is 3.23. The minimum atomic E-state index is 0.212. The Labute approximate surface area is 115 Å². The van der Waals surface area contributed by atoms with Crippen LogP contribution in [0.3, 0.4) is 0 Å². The first-order valence-corrected chi connectivity index (χ1v) is 7.12. The number of hydrogen-bond donors (Lipinski definition) is 0. The van der Waals surface area contributed by atoms with Crippen LogP contribution in [0.25, 0.3) is 21.4 Å². The number of carbonyl (C=O) groups excluding carboxylic acids is 1. The summed E-state index contributed by atoms with van der Waals surface area (Å²) in [6.07, 6.45) is 2.25. The highest BCUT2D eigenvalue weighted by Gasteiger charge is 2.12. The molecule has 2 nitrogen and oxygen atoms in total. The van der Waals surface area contributed by atoms with E-state index in [1.807, 2.05) is 31.2 Å². The Morgan fingerprint density at radius 3 is 2.89 bits per heavy atom. The van der Waals surface area contributed by atoms with Crippen LogP contribution in [0.15, 0.2) is 41.0 Å². The van der Waals surface area contributed by atoms with Gasteiger partial charge in [0.25, 0.3) is 0 Å². The van der Waals surface area contributed by atoms with Crippen LogP contribution in [0, 0.1) is 6.92 Å². The number of fused-ring (bicyclic) bond motifs is 1. The van der Waals surface area contributed by atoms with Gasteiger partial charge in [0.1, 0.15) is 5.58 Å². The lowest BCUT2D eigenvalue weighted by molar-refractivity contribution is 0.0992. The molecule has 0 fully saturated rings. The Hall–Kier alpha value is -1.87. The summed E-state index contributed by atoms with van der Waals surface area (Å²) in [5, 5.41) is 1.09. The van der Waals surface area contributed by atoms with Crippen LogP contribution in [0.5, 0.6) is 0 Å². The number of Topliss-reactive ketones (excluding diaryl/α,β-unsaturated/α-hetero) is 1. The van der Waals surface area contributed by atoms with Gasteiger partial charge in [0.05, 0.1) is 11.1 Å².